The molecule has 0 bridgehead atoms. The fourth-order valence-corrected chi connectivity index (χ4v) is 7.06. The second-order valence-electron chi connectivity index (χ2n) is 8.68. The van der Waals surface area contributed by atoms with Crippen LogP contribution in [0.2, 0.25) is 5.02 Å². The lowest BCUT2D eigenvalue weighted by molar-refractivity contribution is -0.117. The Morgan fingerprint density at radius 2 is 1.74 bits per heavy atom. The molecule has 1 N–H and O–H groups in total. The largest absolute Gasteiger partial charge is 0.503 e. The van der Waals surface area contributed by atoms with Crippen LogP contribution in [0.4, 0.5) is 5.13 Å². The van der Waals surface area contributed by atoms with Gasteiger partial charge in [0, 0.05) is 10.8 Å². The van der Waals surface area contributed by atoms with E-state index in [9.17, 15) is 14.7 Å². The normalized spacial score (nSPS) is 15.5. The molecule has 5 rings (SSSR count). The van der Waals surface area contributed by atoms with E-state index in [1.807, 2.05) is 55.5 Å². The number of halogens is 1. The number of ketones is 1. The molecule has 0 saturated carbocycles. The summed E-state index contributed by atoms with van der Waals surface area (Å²) in [7, 11) is 0. The molecule has 1 atom stereocenters. The van der Waals surface area contributed by atoms with Crippen LogP contribution >= 0.6 is 46.0 Å². The van der Waals surface area contributed by atoms with Crippen molar-refractivity contribution in [2.75, 3.05) is 4.90 Å². The molecule has 1 amide bonds. The van der Waals surface area contributed by atoms with Gasteiger partial charge in [-0.3, -0.25) is 14.5 Å². The number of thiazole rings is 1. The maximum absolute atomic E-state index is 13.7. The first kappa shape index (κ1) is 26.6. The van der Waals surface area contributed by atoms with Gasteiger partial charge in [0.25, 0.3) is 5.91 Å². The topological polar surface area (TPSA) is 96.3 Å². The summed E-state index contributed by atoms with van der Waals surface area (Å²) in [4.78, 5) is 33.3. The number of amides is 1. The number of rotatable bonds is 8. The van der Waals surface area contributed by atoms with Crippen molar-refractivity contribution < 1.29 is 14.7 Å². The first-order chi connectivity index (χ1) is 18.3. The van der Waals surface area contributed by atoms with E-state index in [4.69, 9.17) is 11.6 Å². The van der Waals surface area contributed by atoms with Crippen LogP contribution in [0.3, 0.4) is 0 Å². The van der Waals surface area contributed by atoms with Crippen molar-refractivity contribution in [3.8, 4) is 0 Å². The molecule has 2 aromatic carbocycles. The molecule has 38 heavy (non-hydrogen) atoms. The minimum absolute atomic E-state index is 0.0246. The van der Waals surface area contributed by atoms with E-state index in [1.54, 1.807) is 6.92 Å². The number of Topliss-reactive ketones (excluding diaryl/α,β-unsaturated/α-hetero) is 1. The van der Waals surface area contributed by atoms with Crippen LogP contribution in [-0.2, 0) is 17.0 Å². The summed E-state index contributed by atoms with van der Waals surface area (Å²) >= 11 is 9.96. The average Bonchev–Trinajstić information content (AvgIpc) is 3.59. The summed E-state index contributed by atoms with van der Waals surface area (Å²) in [6, 6.07) is 14.4. The van der Waals surface area contributed by atoms with Crippen LogP contribution in [0.1, 0.15) is 50.0 Å². The van der Waals surface area contributed by atoms with Gasteiger partial charge in [0.2, 0.25) is 10.9 Å². The van der Waals surface area contributed by atoms with Crippen LogP contribution in [0.5, 0.6) is 0 Å². The minimum Gasteiger partial charge on any atom is -0.503 e. The standard InChI is InChI=1S/C27H23ClN4O3S3/c1-4-16-5-9-18(10-6-16)21-20(22(33)24-14(2)29-15(3)37-24)23(34)25(35)32(21)26-30-31-27(38-26)36-13-17-7-11-19(28)12-8-17/h5-12,21,34H,4,13H2,1-3H3. The minimum atomic E-state index is -0.843. The Morgan fingerprint density at radius 3 is 2.37 bits per heavy atom. The predicted octanol–water partition coefficient (Wildman–Crippen LogP) is 6.90. The highest BCUT2D eigenvalue weighted by molar-refractivity contribution is 8.00. The number of aliphatic hydroxyl groups is 1. The molecule has 194 valence electrons. The Kier molecular flexibility index (Phi) is 7.67. The van der Waals surface area contributed by atoms with Crippen molar-refractivity contribution in [3.05, 3.63) is 97.2 Å². The molecule has 11 heteroatoms. The van der Waals surface area contributed by atoms with E-state index in [1.165, 1.54) is 39.3 Å². The molecule has 1 aliphatic rings. The second-order valence-corrected chi connectivity index (χ2v) is 12.5. The highest BCUT2D eigenvalue weighted by Crippen LogP contribution is 2.44. The Labute approximate surface area is 237 Å². The number of carbonyl (C=O) groups is 2. The Morgan fingerprint density at radius 1 is 1.05 bits per heavy atom. The number of hydrogen-bond donors (Lipinski definition) is 1. The fraction of sp³-hybridized carbons (Fsp3) is 0.222. The summed E-state index contributed by atoms with van der Waals surface area (Å²) in [5, 5.41) is 21.3. The molecular weight excluding hydrogens is 560 g/mol. The van der Waals surface area contributed by atoms with E-state index in [0.717, 1.165) is 22.6 Å². The molecule has 3 heterocycles. The number of benzene rings is 2. The van der Waals surface area contributed by atoms with E-state index in [2.05, 4.69) is 22.1 Å². The van der Waals surface area contributed by atoms with Crippen LogP contribution in [0.25, 0.3) is 0 Å². The van der Waals surface area contributed by atoms with Gasteiger partial charge < -0.3 is 5.11 Å². The molecule has 0 saturated heterocycles. The zero-order valence-corrected chi connectivity index (χ0v) is 24.0. The Hall–Kier alpha value is -3.05. The monoisotopic (exact) mass is 582 g/mol. The third kappa shape index (κ3) is 5.13. The van der Waals surface area contributed by atoms with Crippen molar-refractivity contribution in [2.45, 2.75) is 43.3 Å². The van der Waals surface area contributed by atoms with Crippen LogP contribution in [0.15, 0.2) is 64.2 Å². The van der Waals surface area contributed by atoms with Crippen molar-refractivity contribution in [1.82, 2.24) is 15.2 Å². The molecule has 4 aromatic rings. The SMILES string of the molecule is CCc1ccc(C2C(C(=O)c3sc(C)nc3C)=C(O)C(=O)N2c2nnc(SCc3ccc(Cl)cc3)s2)cc1. The summed E-state index contributed by atoms with van der Waals surface area (Å²) in [6.07, 6.45) is 0.852. The first-order valence-electron chi connectivity index (χ1n) is 11.8. The van der Waals surface area contributed by atoms with Crippen LogP contribution in [-0.4, -0.2) is 32.0 Å². The predicted molar refractivity (Wildman–Crippen MR) is 153 cm³/mol. The number of anilines is 1. The molecule has 2 aromatic heterocycles. The Bertz CT molecular complexity index is 1540. The smallest absolute Gasteiger partial charge is 0.296 e. The lowest BCUT2D eigenvalue weighted by Crippen LogP contribution is -2.31. The second kappa shape index (κ2) is 11.0. The maximum Gasteiger partial charge on any atom is 0.296 e. The van der Waals surface area contributed by atoms with Crippen LogP contribution < -0.4 is 4.90 Å². The summed E-state index contributed by atoms with van der Waals surface area (Å²) in [5.74, 6) is -1.01. The van der Waals surface area contributed by atoms with Crippen molar-refractivity contribution in [2.24, 2.45) is 0 Å². The van der Waals surface area contributed by atoms with Gasteiger partial charge in [0.1, 0.15) is 0 Å². The van der Waals surface area contributed by atoms with Crippen molar-refractivity contribution >= 4 is 62.9 Å². The zero-order valence-electron chi connectivity index (χ0n) is 20.8. The van der Waals surface area contributed by atoms with E-state index < -0.39 is 23.5 Å². The molecular formula is C27H23ClN4O3S3. The molecule has 0 radical (unpaired) electrons. The van der Waals surface area contributed by atoms with Gasteiger partial charge >= 0.3 is 0 Å². The number of nitrogens with zero attached hydrogens (tertiary/aromatic N) is 4. The van der Waals surface area contributed by atoms with Gasteiger partial charge in [-0.1, -0.05) is 78.0 Å². The molecule has 0 aliphatic carbocycles. The van der Waals surface area contributed by atoms with E-state index in [-0.39, 0.29) is 5.57 Å². The van der Waals surface area contributed by atoms with Gasteiger partial charge in [0.05, 0.1) is 27.2 Å². The highest BCUT2D eigenvalue weighted by atomic mass is 35.5. The third-order valence-corrected chi connectivity index (χ3v) is 9.59. The number of aromatic nitrogens is 3. The highest BCUT2D eigenvalue weighted by Gasteiger charge is 2.46. The summed E-state index contributed by atoms with van der Waals surface area (Å²) < 4.78 is 0.663. The quantitative estimate of drug-likeness (QED) is 0.137. The first-order valence-corrected chi connectivity index (χ1v) is 14.8. The summed E-state index contributed by atoms with van der Waals surface area (Å²) in [6.45, 7) is 5.63. The maximum atomic E-state index is 13.7. The van der Waals surface area contributed by atoms with Gasteiger partial charge in [0.15, 0.2) is 10.1 Å². The average molecular weight is 583 g/mol. The Balaban J connectivity index is 1.50. The summed E-state index contributed by atoms with van der Waals surface area (Å²) in [5.41, 5.74) is 3.49. The van der Waals surface area contributed by atoms with Gasteiger partial charge in [-0.15, -0.1) is 21.5 Å². The number of hydrogen-bond acceptors (Lipinski definition) is 9. The van der Waals surface area contributed by atoms with Gasteiger partial charge in [-0.05, 0) is 49.1 Å². The van der Waals surface area contributed by atoms with E-state index in [0.29, 0.717) is 36.4 Å². The van der Waals surface area contributed by atoms with E-state index >= 15 is 0 Å². The third-order valence-electron chi connectivity index (χ3n) is 6.14. The number of thioether (sulfide) groups is 1. The number of aryl methyl sites for hydroxylation is 3. The molecule has 1 aliphatic heterocycles. The lowest BCUT2D eigenvalue weighted by Gasteiger charge is -2.24. The molecule has 1 unspecified atom stereocenters. The lowest BCUT2D eigenvalue weighted by atomic mass is 9.94. The zero-order chi connectivity index (χ0) is 27.0. The number of carbonyl (C=O) groups excluding carboxylic acids is 2. The number of aliphatic hydroxyl groups excluding tert-OH is 1. The van der Waals surface area contributed by atoms with Crippen molar-refractivity contribution in [1.29, 1.82) is 0 Å². The van der Waals surface area contributed by atoms with Gasteiger partial charge in [-0.2, -0.15) is 0 Å². The van der Waals surface area contributed by atoms with Gasteiger partial charge in [-0.25, -0.2) is 4.98 Å². The fourth-order valence-electron chi connectivity index (χ4n) is 4.23. The van der Waals surface area contributed by atoms with Crippen molar-refractivity contribution in [3.63, 3.8) is 0 Å². The molecule has 0 spiro atoms. The van der Waals surface area contributed by atoms with Crippen LogP contribution in [0, 0.1) is 13.8 Å². The molecule has 0 fully saturated rings. The molecule has 7 nitrogen and oxygen atoms in total.